The Kier molecular flexibility index (Phi) is 2.48. The molecule has 4 nitrogen and oxygen atoms in total. The summed E-state index contributed by atoms with van der Waals surface area (Å²) >= 11 is 5.69. The maximum Gasteiger partial charge on any atom is 0.224 e. The highest BCUT2D eigenvalue weighted by molar-refractivity contribution is 6.30. The lowest BCUT2D eigenvalue weighted by Gasteiger charge is -2.02. The summed E-state index contributed by atoms with van der Waals surface area (Å²) in [7, 11) is 3.24. The van der Waals surface area contributed by atoms with Gasteiger partial charge in [0.25, 0.3) is 0 Å². The largest absolute Gasteiger partial charge is 0.492 e. The van der Waals surface area contributed by atoms with Crippen molar-refractivity contribution in [1.29, 1.82) is 0 Å². The van der Waals surface area contributed by atoms with E-state index in [2.05, 4.69) is 15.3 Å². The molecule has 0 aliphatic rings. The van der Waals surface area contributed by atoms with Crippen LogP contribution in [-0.2, 0) is 0 Å². The zero-order chi connectivity index (χ0) is 8.27. The molecule has 1 heterocycles. The molecule has 0 unspecified atom stereocenters. The fourth-order valence-electron chi connectivity index (χ4n) is 0.607. The van der Waals surface area contributed by atoms with Gasteiger partial charge < -0.3 is 10.1 Å². The number of methoxy groups -OCH3 is 1. The molecule has 0 aliphatic carbocycles. The molecular weight excluding hydrogens is 166 g/mol. The molecule has 0 amide bonds. The van der Waals surface area contributed by atoms with E-state index >= 15 is 0 Å². The molecular formula is C6H8ClN3O. The summed E-state index contributed by atoms with van der Waals surface area (Å²) in [6.45, 7) is 0. The van der Waals surface area contributed by atoms with Crippen molar-refractivity contribution in [2.24, 2.45) is 0 Å². The van der Waals surface area contributed by atoms with Crippen LogP contribution in [-0.4, -0.2) is 24.1 Å². The quantitative estimate of drug-likeness (QED) is 0.683. The van der Waals surface area contributed by atoms with Crippen molar-refractivity contribution >= 4 is 17.5 Å². The van der Waals surface area contributed by atoms with Crippen molar-refractivity contribution in [2.75, 3.05) is 19.5 Å². The summed E-state index contributed by atoms with van der Waals surface area (Å²) in [5, 5.41) is 3.07. The van der Waals surface area contributed by atoms with Gasteiger partial charge in [-0.15, -0.1) is 0 Å². The maximum absolute atomic E-state index is 5.69. The van der Waals surface area contributed by atoms with Gasteiger partial charge in [0.2, 0.25) is 5.95 Å². The van der Waals surface area contributed by atoms with E-state index in [9.17, 15) is 0 Å². The molecule has 1 aromatic heterocycles. The number of nitrogens with zero attached hydrogens (tertiary/aromatic N) is 2. The minimum Gasteiger partial charge on any atom is -0.492 e. The van der Waals surface area contributed by atoms with Gasteiger partial charge in [-0.25, -0.2) is 4.98 Å². The van der Waals surface area contributed by atoms with E-state index in [1.54, 1.807) is 7.05 Å². The van der Waals surface area contributed by atoms with Gasteiger partial charge in [-0.3, -0.25) is 0 Å². The molecule has 11 heavy (non-hydrogen) atoms. The maximum atomic E-state index is 5.69. The molecule has 0 saturated carbocycles. The summed E-state index contributed by atoms with van der Waals surface area (Å²) < 4.78 is 4.86. The smallest absolute Gasteiger partial charge is 0.224 e. The number of ether oxygens (including phenoxy) is 1. The van der Waals surface area contributed by atoms with Gasteiger partial charge in [-0.1, -0.05) is 11.6 Å². The molecule has 60 valence electrons. The Labute approximate surface area is 69.6 Å². The van der Waals surface area contributed by atoms with E-state index in [0.29, 0.717) is 16.9 Å². The Morgan fingerprint density at radius 1 is 1.64 bits per heavy atom. The van der Waals surface area contributed by atoms with E-state index < -0.39 is 0 Å². The number of halogens is 1. The molecule has 0 fully saturated rings. The molecule has 0 aromatic carbocycles. The van der Waals surface area contributed by atoms with Crippen molar-refractivity contribution in [3.05, 3.63) is 11.3 Å². The van der Waals surface area contributed by atoms with Crippen molar-refractivity contribution < 1.29 is 4.74 Å². The van der Waals surface area contributed by atoms with Crippen LogP contribution in [0.1, 0.15) is 0 Å². The van der Waals surface area contributed by atoms with Crippen molar-refractivity contribution in [3.8, 4) is 5.75 Å². The Morgan fingerprint density at radius 3 is 2.82 bits per heavy atom. The van der Waals surface area contributed by atoms with Crippen LogP contribution in [0.15, 0.2) is 6.20 Å². The molecule has 0 saturated heterocycles. The summed E-state index contributed by atoms with van der Waals surface area (Å²) in [4.78, 5) is 7.78. The number of hydrogen-bond acceptors (Lipinski definition) is 4. The van der Waals surface area contributed by atoms with E-state index in [1.807, 2.05) is 0 Å². The predicted octanol–water partition coefficient (Wildman–Crippen LogP) is 1.18. The first-order valence-corrected chi connectivity index (χ1v) is 3.40. The predicted molar refractivity (Wildman–Crippen MR) is 43.1 cm³/mol. The van der Waals surface area contributed by atoms with Gasteiger partial charge in [0.1, 0.15) is 0 Å². The first kappa shape index (κ1) is 8.07. The molecule has 0 spiro atoms. The summed E-state index contributed by atoms with van der Waals surface area (Å²) in [6.07, 6.45) is 1.52. The highest BCUT2D eigenvalue weighted by Crippen LogP contribution is 2.20. The van der Waals surface area contributed by atoms with Crippen LogP contribution in [0.4, 0.5) is 5.95 Å². The third-order valence-electron chi connectivity index (χ3n) is 1.15. The van der Waals surface area contributed by atoms with Crippen LogP contribution in [0.5, 0.6) is 5.75 Å². The van der Waals surface area contributed by atoms with Crippen molar-refractivity contribution in [2.45, 2.75) is 0 Å². The summed E-state index contributed by atoms with van der Waals surface area (Å²) in [6, 6.07) is 0. The topological polar surface area (TPSA) is 47.0 Å². The van der Waals surface area contributed by atoms with Crippen LogP contribution >= 0.6 is 11.6 Å². The fraction of sp³-hybridized carbons (Fsp3) is 0.333. The summed E-state index contributed by atoms with van der Waals surface area (Å²) in [5.41, 5.74) is 0. The van der Waals surface area contributed by atoms with Crippen LogP contribution in [0.25, 0.3) is 0 Å². The number of rotatable bonds is 2. The molecule has 0 atom stereocenters. The lowest BCUT2D eigenvalue weighted by molar-refractivity contribution is 0.411. The molecule has 0 bridgehead atoms. The average Bonchev–Trinajstić information content (AvgIpc) is 2.04. The Bertz CT molecular complexity index is 254. The number of hydrogen-bond donors (Lipinski definition) is 1. The number of anilines is 1. The molecule has 1 N–H and O–H groups in total. The minimum absolute atomic E-state index is 0.312. The fourth-order valence-corrected chi connectivity index (χ4v) is 0.813. The number of aromatic nitrogens is 2. The van der Waals surface area contributed by atoms with E-state index in [-0.39, 0.29) is 0 Å². The van der Waals surface area contributed by atoms with E-state index in [4.69, 9.17) is 16.3 Å². The third kappa shape index (κ3) is 1.71. The van der Waals surface area contributed by atoms with Crippen molar-refractivity contribution in [3.63, 3.8) is 0 Å². The second-order valence-corrected chi connectivity index (χ2v) is 2.16. The third-order valence-corrected chi connectivity index (χ3v) is 1.43. The molecule has 5 heteroatoms. The van der Waals surface area contributed by atoms with Crippen LogP contribution < -0.4 is 10.1 Å². The van der Waals surface area contributed by atoms with E-state index in [1.165, 1.54) is 13.3 Å². The van der Waals surface area contributed by atoms with E-state index in [0.717, 1.165) is 0 Å². The van der Waals surface area contributed by atoms with Crippen molar-refractivity contribution in [1.82, 2.24) is 9.97 Å². The molecule has 1 rings (SSSR count). The molecule has 0 aliphatic heterocycles. The second-order valence-electron chi connectivity index (χ2n) is 1.80. The van der Waals surface area contributed by atoms with Gasteiger partial charge in [-0.2, -0.15) is 4.98 Å². The average molecular weight is 174 g/mol. The molecule has 1 aromatic rings. The zero-order valence-corrected chi connectivity index (χ0v) is 7.01. The summed E-state index contributed by atoms with van der Waals surface area (Å²) in [5.74, 6) is 0.960. The van der Waals surface area contributed by atoms with Crippen LogP contribution in [0.2, 0.25) is 5.15 Å². The van der Waals surface area contributed by atoms with Gasteiger partial charge in [-0.05, 0) is 0 Å². The first-order chi connectivity index (χ1) is 5.27. The first-order valence-electron chi connectivity index (χ1n) is 3.02. The number of nitrogens with one attached hydrogen (secondary N) is 1. The molecule has 0 radical (unpaired) electrons. The monoisotopic (exact) mass is 173 g/mol. The van der Waals surface area contributed by atoms with Crippen LogP contribution in [0, 0.1) is 0 Å². The minimum atomic E-state index is 0.312. The van der Waals surface area contributed by atoms with Gasteiger partial charge in [0.15, 0.2) is 10.9 Å². The van der Waals surface area contributed by atoms with Crippen LogP contribution in [0.3, 0.4) is 0 Å². The lowest BCUT2D eigenvalue weighted by Crippen LogP contribution is -1.97. The Hall–Kier alpha value is -1.03. The lowest BCUT2D eigenvalue weighted by atomic mass is 10.6. The van der Waals surface area contributed by atoms with Gasteiger partial charge in [0, 0.05) is 7.05 Å². The standard InChI is InChI=1S/C6H8ClN3O/c1-8-6-9-3-4(11-2)5(7)10-6/h3H,1-2H3,(H,8,9,10). The zero-order valence-electron chi connectivity index (χ0n) is 6.26. The Morgan fingerprint density at radius 2 is 2.36 bits per heavy atom. The highest BCUT2D eigenvalue weighted by atomic mass is 35.5. The second kappa shape index (κ2) is 3.39. The van der Waals surface area contributed by atoms with Gasteiger partial charge in [0.05, 0.1) is 13.3 Å². The normalized spacial score (nSPS) is 9.36. The van der Waals surface area contributed by atoms with Gasteiger partial charge >= 0.3 is 0 Å². The SMILES string of the molecule is CNc1ncc(OC)c(Cl)n1. The Balaban J connectivity index is 2.99. The highest BCUT2D eigenvalue weighted by Gasteiger charge is 2.02.